The summed E-state index contributed by atoms with van der Waals surface area (Å²) >= 11 is 0. The molecule has 3 nitrogen and oxygen atoms in total. The topological polar surface area (TPSA) is 46.2 Å². The lowest BCUT2D eigenvalue weighted by Gasteiger charge is -2.17. The van der Waals surface area contributed by atoms with Gasteiger partial charge in [-0.05, 0) is 48.7 Å². The first-order chi connectivity index (χ1) is 10.0. The fourth-order valence-corrected chi connectivity index (χ4v) is 2.59. The zero-order valence-electron chi connectivity index (χ0n) is 11.6. The lowest BCUT2D eigenvalue weighted by atomic mass is 9.94. The Balaban J connectivity index is 2.02. The van der Waals surface area contributed by atoms with Crippen LogP contribution in [0.1, 0.15) is 37.4 Å². The van der Waals surface area contributed by atoms with E-state index >= 15 is 0 Å². The van der Waals surface area contributed by atoms with Crippen LogP contribution in [-0.4, -0.2) is 18.2 Å². The van der Waals surface area contributed by atoms with E-state index in [9.17, 15) is 14.0 Å². The maximum absolute atomic E-state index is 13.4. The maximum Gasteiger partial charge on any atom is 0.251 e. The van der Waals surface area contributed by atoms with Gasteiger partial charge in [-0.15, -0.1) is 0 Å². The molecule has 0 fully saturated rings. The van der Waals surface area contributed by atoms with Crippen molar-refractivity contribution in [1.82, 2.24) is 5.32 Å². The maximum atomic E-state index is 13.4. The van der Waals surface area contributed by atoms with Gasteiger partial charge in [-0.25, -0.2) is 4.39 Å². The number of benzene rings is 2. The highest BCUT2D eigenvalue weighted by Gasteiger charge is 2.19. The molecule has 1 aliphatic rings. The lowest BCUT2D eigenvalue weighted by molar-refractivity contribution is 0.0946. The van der Waals surface area contributed by atoms with Crippen LogP contribution in [0.25, 0.3) is 0 Å². The van der Waals surface area contributed by atoms with E-state index < -0.39 is 5.82 Å². The Labute approximate surface area is 121 Å². The van der Waals surface area contributed by atoms with Gasteiger partial charge in [0.05, 0.1) is 0 Å². The normalized spacial score (nSPS) is 13.5. The predicted octanol–water partition coefficient (Wildman–Crippen LogP) is 2.65. The SMILES string of the molecule is Cc1cc(F)cc(C(=O)c2ccc3c(c2)C(=O)NCC3)c1. The summed E-state index contributed by atoms with van der Waals surface area (Å²) in [5.74, 6) is -0.880. The Morgan fingerprint density at radius 2 is 1.95 bits per heavy atom. The smallest absolute Gasteiger partial charge is 0.251 e. The number of fused-ring (bicyclic) bond motifs is 1. The minimum atomic E-state index is -0.436. The molecule has 0 saturated carbocycles. The average molecular weight is 283 g/mol. The molecule has 0 radical (unpaired) electrons. The second-order valence-electron chi connectivity index (χ2n) is 5.22. The van der Waals surface area contributed by atoms with E-state index in [0.717, 1.165) is 12.0 Å². The molecule has 1 heterocycles. The van der Waals surface area contributed by atoms with E-state index in [2.05, 4.69) is 5.32 Å². The van der Waals surface area contributed by atoms with Crippen LogP contribution in [0.2, 0.25) is 0 Å². The number of hydrogen-bond acceptors (Lipinski definition) is 2. The van der Waals surface area contributed by atoms with Crippen molar-refractivity contribution in [3.63, 3.8) is 0 Å². The Kier molecular flexibility index (Phi) is 3.29. The summed E-state index contributed by atoms with van der Waals surface area (Å²) in [5, 5.41) is 2.75. The van der Waals surface area contributed by atoms with Gasteiger partial charge in [-0.2, -0.15) is 0 Å². The number of rotatable bonds is 2. The molecule has 4 heteroatoms. The number of hydrogen-bond donors (Lipinski definition) is 1. The third-order valence-electron chi connectivity index (χ3n) is 3.60. The molecule has 2 aromatic carbocycles. The number of amides is 1. The Bertz CT molecular complexity index is 732. The van der Waals surface area contributed by atoms with Gasteiger partial charge in [-0.1, -0.05) is 12.1 Å². The van der Waals surface area contributed by atoms with Gasteiger partial charge in [0.25, 0.3) is 5.91 Å². The van der Waals surface area contributed by atoms with E-state index in [-0.39, 0.29) is 11.7 Å². The average Bonchev–Trinajstić information content (AvgIpc) is 2.45. The lowest BCUT2D eigenvalue weighted by Crippen LogP contribution is -2.32. The number of nitrogens with one attached hydrogen (secondary N) is 1. The predicted molar refractivity (Wildman–Crippen MR) is 77.0 cm³/mol. The molecule has 0 saturated heterocycles. The number of aryl methyl sites for hydroxylation is 1. The third-order valence-corrected chi connectivity index (χ3v) is 3.60. The number of carbonyl (C=O) groups excluding carboxylic acids is 2. The molecule has 2 aromatic rings. The van der Waals surface area contributed by atoms with Crippen LogP contribution in [0.5, 0.6) is 0 Å². The molecule has 1 amide bonds. The summed E-state index contributed by atoms with van der Waals surface area (Å²) in [4.78, 5) is 24.3. The summed E-state index contributed by atoms with van der Waals surface area (Å²) in [6.45, 7) is 2.35. The van der Waals surface area contributed by atoms with Crippen molar-refractivity contribution in [3.8, 4) is 0 Å². The van der Waals surface area contributed by atoms with Gasteiger partial charge in [-0.3, -0.25) is 9.59 Å². The fourth-order valence-electron chi connectivity index (χ4n) is 2.59. The molecule has 0 spiro atoms. The summed E-state index contributed by atoms with van der Waals surface area (Å²) < 4.78 is 13.4. The molecule has 106 valence electrons. The van der Waals surface area contributed by atoms with Crippen molar-refractivity contribution in [2.45, 2.75) is 13.3 Å². The summed E-state index contributed by atoms with van der Waals surface area (Å²) in [6, 6.07) is 9.32. The van der Waals surface area contributed by atoms with Crippen LogP contribution in [0.4, 0.5) is 4.39 Å². The second kappa shape index (κ2) is 5.13. The first kappa shape index (κ1) is 13.5. The highest BCUT2D eigenvalue weighted by molar-refractivity contribution is 6.10. The minimum absolute atomic E-state index is 0.165. The summed E-state index contributed by atoms with van der Waals surface area (Å²) in [6.07, 6.45) is 0.759. The first-order valence-corrected chi connectivity index (χ1v) is 6.77. The van der Waals surface area contributed by atoms with Crippen molar-refractivity contribution in [2.75, 3.05) is 6.54 Å². The molecular weight excluding hydrogens is 269 g/mol. The highest BCUT2D eigenvalue weighted by atomic mass is 19.1. The third kappa shape index (κ3) is 2.57. The number of carbonyl (C=O) groups is 2. The van der Waals surface area contributed by atoms with E-state index in [1.165, 1.54) is 12.1 Å². The zero-order valence-corrected chi connectivity index (χ0v) is 11.6. The van der Waals surface area contributed by atoms with Crippen LogP contribution in [0.15, 0.2) is 36.4 Å². The minimum Gasteiger partial charge on any atom is -0.352 e. The number of halogens is 1. The molecule has 21 heavy (non-hydrogen) atoms. The highest BCUT2D eigenvalue weighted by Crippen LogP contribution is 2.19. The van der Waals surface area contributed by atoms with Crippen LogP contribution >= 0.6 is 0 Å². The molecule has 3 rings (SSSR count). The monoisotopic (exact) mass is 283 g/mol. The zero-order chi connectivity index (χ0) is 15.0. The van der Waals surface area contributed by atoms with Gasteiger partial charge in [0, 0.05) is 23.2 Å². The van der Waals surface area contributed by atoms with E-state index in [1.807, 2.05) is 0 Å². The van der Waals surface area contributed by atoms with Crippen LogP contribution in [0, 0.1) is 12.7 Å². The van der Waals surface area contributed by atoms with Crippen molar-refractivity contribution in [1.29, 1.82) is 0 Å². The van der Waals surface area contributed by atoms with Gasteiger partial charge in [0.15, 0.2) is 5.78 Å². The van der Waals surface area contributed by atoms with Crippen molar-refractivity contribution in [2.24, 2.45) is 0 Å². The van der Waals surface area contributed by atoms with Crippen LogP contribution in [0.3, 0.4) is 0 Å². The standard InChI is InChI=1S/C17H14FNO2/c1-10-6-13(8-14(18)7-10)16(20)12-3-2-11-4-5-19-17(21)15(11)9-12/h2-3,6-9H,4-5H2,1H3,(H,19,21). The molecule has 0 aromatic heterocycles. The van der Waals surface area contributed by atoms with Gasteiger partial charge >= 0.3 is 0 Å². The van der Waals surface area contributed by atoms with Gasteiger partial charge < -0.3 is 5.32 Å². The molecule has 1 aliphatic heterocycles. The Hall–Kier alpha value is -2.49. The van der Waals surface area contributed by atoms with Crippen LogP contribution < -0.4 is 5.32 Å². The van der Waals surface area contributed by atoms with Crippen LogP contribution in [-0.2, 0) is 6.42 Å². The van der Waals surface area contributed by atoms with Gasteiger partial charge in [0.1, 0.15) is 5.82 Å². The van der Waals surface area contributed by atoms with Gasteiger partial charge in [0.2, 0.25) is 0 Å². The van der Waals surface area contributed by atoms with E-state index in [4.69, 9.17) is 0 Å². The number of ketones is 1. The second-order valence-corrected chi connectivity index (χ2v) is 5.22. The summed E-state index contributed by atoms with van der Waals surface area (Å²) in [7, 11) is 0. The quantitative estimate of drug-likeness (QED) is 0.861. The molecule has 0 aliphatic carbocycles. The molecule has 0 unspecified atom stereocenters. The molecule has 0 bridgehead atoms. The fraction of sp³-hybridized carbons (Fsp3) is 0.176. The van der Waals surface area contributed by atoms with E-state index in [0.29, 0.717) is 28.8 Å². The largest absolute Gasteiger partial charge is 0.352 e. The molecule has 0 atom stereocenters. The first-order valence-electron chi connectivity index (χ1n) is 6.77. The summed E-state index contributed by atoms with van der Waals surface area (Å²) in [5.41, 5.74) is 2.85. The van der Waals surface area contributed by atoms with Crippen molar-refractivity contribution < 1.29 is 14.0 Å². The van der Waals surface area contributed by atoms with Crippen molar-refractivity contribution >= 4 is 11.7 Å². The Morgan fingerprint density at radius 3 is 2.71 bits per heavy atom. The molecule has 1 N–H and O–H groups in total. The van der Waals surface area contributed by atoms with E-state index in [1.54, 1.807) is 31.2 Å². The Morgan fingerprint density at radius 1 is 1.14 bits per heavy atom. The van der Waals surface area contributed by atoms with Crippen molar-refractivity contribution in [3.05, 3.63) is 70.0 Å². The molecular formula is C17H14FNO2.